The number of hydrogen-bond acceptors (Lipinski definition) is 3. The van der Waals surface area contributed by atoms with Crippen LogP contribution in [0.15, 0.2) is 52.1 Å². The van der Waals surface area contributed by atoms with E-state index in [4.69, 9.17) is 0 Å². The molecule has 0 bridgehead atoms. The van der Waals surface area contributed by atoms with Crippen molar-refractivity contribution in [1.29, 1.82) is 0 Å². The Balaban J connectivity index is 2.01. The number of rotatable bonds is 3. The van der Waals surface area contributed by atoms with Crippen molar-refractivity contribution >= 4 is 26.0 Å². The molecule has 1 saturated heterocycles. The SMILES string of the molecule is Cc1ccc(S(=O)(=O)N2CCCC[C@@H]2c2cccnc2Br)cc1. The zero-order valence-electron chi connectivity index (χ0n) is 12.9. The lowest BCUT2D eigenvalue weighted by Crippen LogP contribution is -2.38. The summed E-state index contributed by atoms with van der Waals surface area (Å²) in [4.78, 5) is 4.61. The maximum atomic E-state index is 13.1. The number of sulfonamides is 1. The van der Waals surface area contributed by atoms with Gasteiger partial charge in [-0.1, -0.05) is 30.2 Å². The van der Waals surface area contributed by atoms with Gasteiger partial charge in [-0.2, -0.15) is 4.31 Å². The lowest BCUT2D eigenvalue weighted by Gasteiger charge is -2.35. The molecule has 1 aromatic heterocycles. The normalized spacial score (nSPS) is 19.7. The van der Waals surface area contributed by atoms with E-state index in [1.807, 2.05) is 31.2 Å². The standard InChI is InChI=1S/C17H19BrN2O2S/c1-13-7-9-14(10-8-13)23(21,22)20-12-3-2-6-16(20)15-5-4-11-19-17(15)18/h4-5,7-11,16H,2-3,6,12H2,1H3/t16-/m1/s1. The first-order valence-corrected chi connectivity index (χ1v) is 9.92. The zero-order chi connectivity index (χ0) is 16.4. The molecule has 23 heavy (non-hydrogen) atoms. The van der Waals surface area contributed by atoms with Crippen LogP contribution in [0.1, 0.15) is 36.4 Å². The average Bonchev–Trinajstić information content (AvgIpc) is 2.56. The molecular weight excluding hydrogens is 376 g/mol. The van der Waals surface area contributed by atoms with Gasteiger partial charge < -0.3 is 0 Å². The van der Waals surface area contributed by atoms with Crippen LogP contribution in [0.25, 0.3) is 0 Å². The molecule has 2 heterocycles. The van der Waals surface area contributed by atoms with Gasteiger partial charge in [0, 0.05) is 18.3 Å². The monoisotopic (exact) mass is 394 g/mol. The maximum Gasteiger partial charge on any atom is 0.243 e. The van der Waals surface area contributed by atoms with Gasteiger partial charge in [-0.25, -0.2) is 13.4 Å². The third kappa shape index (κ3) is 3.34. The number of aromatic nitrogens is 1. The highest BCUT2D eigenvalue weighted by atomic mass is 79.9. The first kappa shape index (κ1) is 16.6. The van der Waals surface area contributed by atoms with Crippen LogP contribution in [0.2, 0.25) is 0 Å². The number of pyridine rings is 1. The predicted molar refractivity (Wildman–Crippen MR) is 93.6 cm³/mol. The van der Waals surface area contributed by atoms with E-state index >= 15 is 0 Å². The summed E-state index contributed by atoms with van der Waals surface area (Å²) >= 11 is 3.46. The van der Waals surface area contributed by atoms with E-state index in [1.54, 1.807) is 22.6 Å². The van der Waals surface area contributed by atoms with Crippen molar-refractivity contribution in [2.45, 2.75) is 37.1 Å². The minimum atomic E-state index is -3.51. The fourth-order valence-corrected chi connectivity index (χ4v) is 5.19. The first-order valence-electron chi connectivity index (χ1n) is 7.69. The van der Waals surface area contributed by atoms with E-state index < -0.39 is 10.0 Å². The van der Waals surface area contributed by atoms with Crippen molar-refractivity contribution in [2.24, 2.45) is 0 Å². The Morgan fingerprint density at radius 3 is 2.61 bits per heavy atom. The number of piperidine rings is 1. The summed E-state index contributed by atoms with van der Waals surface area (Å²) < 4.78 is 28.5. The molecule has 0 radical (unpaired) electrons. The summed E-state index contributed by atoms with van der Waals surface area (Å²) in [7, 11) is -3.51. The van der Waals surface area contributed by atoms with E-state index in [-0.39, 0.29) is 6.04 Å². The van der Waals surface area contributed by atoms with Crippen LogP contribution >= 0.6 is 15.9 Å². The molecule has 0 N–H and O–H groups in total. The number of halogens is 1. The van der Waals surface area contributed by atoms with Crippen LogP contribution in [0.3, 0.4) is 0 Å². The van der Waals surface area contributed by atoms with Crippen LogP contribution in [-0.4, -0.2) is 24.3 Å². The lowest BCUT2D eigenvalue weighted by atomic mass is 9.99. The number of aryl methyl sites for hydroxylation is 1. The van der Waals surface area contributed by atoms with E-state index in [0.29, 0.717) is 11.4 Å². The Hall–Kier alpha value is -1.24. The Kier molecular flexibility index (Phi) is 4.85. The summed E-state index contributed by atoms with van der Waals surface area (Å²) in [6.07, 6.45) is 4.43. The molecule has 0 saturated carbocycles. The van der Waals surface area contributed by atoms with Crippen LogP contribution in [0, 0.1) is 6.92 Å². The highest BCUT2D eigenvalue weighted by Gasteiger charge is 2.35. The molecule has 4 nitrogen and oxygen atoms in total. The Morgan fingerprint density at radius 1 is 1.17 bits per heavy atom. The summed E-state index contributed by atoms with van der Waals surface area (Å²) in [6, 6.07) is 10.7. The van der Waals surface area contributed by atoms with E-state index in [2.05, 4.69) is 20.9 Å². The van der Waals surface area contributed by atoms with Gasteiger partial charge in [-0.05, 0) is 53.9 Å². The smallest absolute Gasteiger partial charge is 0.243 e. The summed E-state index contributed by atoms with van der Waals surface area (Å²) in [6.45, 7) is 2.50. The van der Waals surface area contributed by atoms with Crippen molar-refractivity contribution in [1.82, 2.24) is 9.29 Å². The highest BCUT2D eigenvalue weighted by Crippen LogP contribution is 2.37. The van der Waals surface area contributed by atoms with Crippen molar-refractivity contribution in [2.75, 3.05) is 6.54 Å². The van der Waals surface area contributed by atoms with Crippen molar-refractivity contribution in [3.8, 4) is 0 Å². The molecule has 0 amide bonds. The average molecular weight is 395 g/mol. The lowest BCUT2D eigenvalue weighted by molar-refractivity contribution is 0.255. The van der Waals surface area contributed by atoms with Gasteiger partial charge in [-0.15, -0.1) is 0 Å². The second kappa shape index (κ2) is 6.71. The predicted octanol–water partition coefficient (Wildman–Crippen LogP) is 4.07. The molecule has 1 aliphatic heterocycles. The molecule has 2 aromatic rings. The minimum Gasteiger partial charge on any atom is -0.249 e. The van der Waals surface area contributed by atoms with E-state index in [9.17, 15) is 8.42 Å². The first-order chi connectivity index (χ1) is 11.0. The van der Waals surface area contributed by atoms with Crippen molar-refractivity contribution in [3.05, 3.63) is 58.3 Å². The summed E-state index contributed by atoms with van der Waals surface area (Å²) in [5, 5.41) is 0. The molecule has 122 valence electrons. The number of hydrogen-bond donors (Lipinski definition) is 0. The molecule has 1 aliphatic rings. The van der Waals surface area contributed by atoms with Gasteiger partial charge in [0.2, 0.25) is 10.0 Å². The van der Waals surface area contributed by atoms with Gasteiger partial charge in [0.15, 0.2) is 0 Å². The van der Waals surface area contributed by atoms with Crippen LogP contribution < -0.4 is 0 Å². The van der Waals surface area contributed by atoms with Crippen molar-refractivity contribution in [3.63, 3.8) is 0 Å². The second-order valence-electron chi connectivity index (χ2n) is 5.82. The zero-order valence-corrected chi connectivity index (χ0v) is 15.3. The summed E-state index contributed by atoms with van der Waals surface area (Å²) in [5.41, 5.74) is 1.98. The van der Waals surface area contributed by atoms with Crippen LogP contribution in [0.4, 0.5) is 0 Å². The quantitative estimate of drug-likeness (QED) is 0.737. The largest absolute Gasteiger partial charge is 0.249 e. The Morgan fingerprint density at radius 2 is 1.91 bits per heavy atom. The highest BCUT2D eigenvalue weighted by molar-refractivity contribution is 9.10. The van der Waals surface area contributed by atoms with Crippen LogP contribution in [0.5, 0.6) is 0 Å². The van der Waals surface area contributed by atoms with Gasteiger partial charge in [-0.3, -0.25) is 0 Å². The van der Waals surface area contributed by atoms with Gasteiger partial charge in [0.1, 0.15) is 4.60 Å². The Bertz CT molecular complexity index is 790. The second-order valence-corrected chi connectivity index (χ2v) is 8.47. The number of nitrogens with zero attached hydrogens (tertiary/aromatic N) is 2. The van der Waals surface area contributed by atoms with Crippen LogP contribution in [-0.2, 0) is 10.0 Å². The fraction of sp³-hybridized carbons (Fsp3) is 0.353. The van der Waals surface area contributed by atoms with Gasteiger partial charge in [0.25, 0.3) is 0 Å². The molecule has 1 aromatic carbocycles. The van der Waals surface area contributed by atoms with Gasteiger partial charge >= 0.3 is 0 Å². The summed E-state index contributed by atoms with van der Waals surface area (Å²) in [5.74, 6) is 0. The molecule has 0 spiro atoms. The third-order valence-electron chi connectivity index (χ3n) is 4.23. The van der Waals surface area contributed by atoms with Gasteiger partial charge in [0.05, 0.1) is 10.9 Å². The molecule has 3 rings (SSSR count). The molecule has 0 aliphatic carbocycles. The van der Waals surface area contributed by atoms with Crippen molar-refractivity contribution < 1.29 is 8.42 Å². The molecule has 0 unspecified atom stereocenters. The number of benzene rings is 1. The Labute approximate surface area is 145 Å². The minimum absolute atomic E-state index is 0.168. The molecule has 1 fully saturated rings. The molecule has 1 atom stereocenters. The fourth-order valence-electron chi connectivity index (χ4n) is 3.00. The van der Waals surface area contributed by atoms with E-state index in [0.717, 1.165) is 35.0 Å². The topological polar surface area (TPSA) is 50.3 Å². The maximum absolute atomic E-state index is 13.1. The van der Waals surface area contributed by atoms with E-state index in [1.165, 1.54) is 0 Å². The molecule has 6 heteroatoms. The third-order valence-corrected chi connectivity index (χ3v) is 6.81. The molecular formula is C17H19BrN2O2S.